The summed E-state index contributed by atoms with van der Waals surface area (Å²) in [4.78, 5) is 4.32. The molecule has 21 heavy (non-hydrogen) atoms. The molecule has 0 saturated carbocycles. The third-order valence-electron chi connectivity index (χ3n) is 3.16. The van der Waals surface area contributed by atoms with E-state index in [9.17, 15) is 8.42 Å². The van der Waals surface area contributed by atoms with Crippen molar-refractivity contribution in [3.05, 3.63) is 53.6 Å². The SMILES string of the molecule is Cc1ccc(S(=O)(=O)Nc2nc3cccc(C)c3o2)cc1. The minimum Gasteiger partial charge on any atom is -0.423 e. The molecular weight excluding hydrogens is 288 g/mol. The molecule has 0 atom stereocenters. The van der Waals surface area contributed by atoms with Crippen molar-refractivity contribution >= 4 is 27.1 Å². The second-order valence-electron chi connectivity index (χ2n) is 4.86. The van der Waals surface area contributed by atoms with Gasteiger partial charge in [0.1, 0.15) is 5.52 Å². The van der Waals surface area contributed by atoms with Crippen LogP contribution < -0.4 is 4.72 Å². The number of para-hydroxylation sites is 1. The molecule has 0 spiro atoms. The molecule has 1 aromatic heterocycles. The molecule has 108 valence electrons. The standard InChI is InChI=1S/C15H14N2O3S/c1-10-6-8-12(9-7-10)21(18,19)17-15-16-13-5-3-4-11(2)14(13)20-15/h3-9H,1-2H3,(H,16,17). The van der Waals surface area contributed by atoms with E-state index in [1.165, 1.54) is 0 Å². The Hall–Kier alpha value is -2.34. The van der Waals surface area contributed by atoms with Crippen molar-refractivity contribution in [2.45, 2.75) is 18.7 Å². The van der Waals surface area contributed by atoms with Gasteiger partial charge in [0, 0.05) is 0 Å². The largest absolute Gasteiger partial charge is 0.423 e. The van der Waals surface area contributed by atoms with E-state index >= 15 is 0 Å². The van der Waals surface area contributed by atoms with Crippen LogP contribution in [0.4, 0.5) is 6.01 Å². The molecule has 0 unspecified atom stereocenters. The lowest BCUT2D eigenvalue weighted by atomic mass is 10.2. The minimum atomic E-state index is -3.70. The van der Waals surface area contributed by atoms with Crippen LogP contribution in [0.1, 0.15) is 11.1 Å². The Morgan fingerprint density at radius 2 is 1.76 bits per heavy atom. The van der Waals surface area contributed by atoms with E-state index in [1.54, 1.807) is 30.3 Å². The molecule has 0 aliphatic rings. The first-order valence-electron chi connectivity index (χ1n) is 6.41. The molecule has 0 amide bonds. The lowest BCUT2D eigenvalue weighted by Gasteiger charge is -2.04. The summed E-state index contributed by atoms with van der Waals surface area (Å²) in [7, 11) is -3.70. The van der Waals surface area contributed by atoms with Crippen LogP contribution in [0, 0.1) is 13.8 Å². The number of hydrogen-bond donors (Lipinski definition) is 1. The van der Waals surface area contributed by atoms with Gasteiger partial charge in [0.05, 0.1) is 4.90 Å². The summed E-state index contributed by atoms with van der Waals surface area (Å²) in [6, 6.07) is 12.0. The molecule has 0 aliphatic heterocycles. The Balaban J connectivity index is 1.97. The zero-order chi connectivity index (χ0) is 15.0. The van der Waals surface area contributed by atoms with Gasteiger partial charge in [0.2, 0.25) is 0 Å². The highest BCUT2D eigenvalue weighted by Gasteiger charge is 2.17. The van der Waals surface area contributed by atoms with Crippen molar-refractivity contribution in [1.29, 1.82) is 0 Å². The first kappa shape index (κ1) is 13.6. The minimum absolute atomic E-state index is 0.0279. The van der Waals surface area contributed by atoms with Gasteiger partial charge in [0.15, 0.2) is 5.58 Å². The summed E-state index contributed by atoms with van der Waals surface area (Å²) in [6.45, 7) is 3.78. The van der Waals surface area contributed by atoms with Crippen molar-refractivity contribution in [3.63, 3.8) is 0 Å². The Morgan fingerprint density at radius 3 is 2.43 bits per heavy atom. The van der Waals surface area contributed by atoms with Crippen molar-refractivity contribution in [2.24, 2.45) is 0 Å². The number of rotatable bonds is 3. The quantitative estimate of drug-likeness (QED) is 0.806. The zero-order valence-corrected chi connectivity index (χ0v) is 12.4. The number of aromatic nitrogens is 1. The van der Waals surface area contributed by atoms with Crippen LogP contribution in [0.2, 0.25) is 0 Å². The summed E-state index contributed by atoms with van der Waals surface area (Å²) in [5.74, 6) is 0. The fraction of sp³-hybridized carbons (Fsp3) is 0.133. The zero-order valence-electron chi connectivity index (χ0n) is 11.6. The van der Waals surface area contributed by atoms with E-state index in [1.807, 2.05) is 26.0 Å². The Morgan fingerprint density at radius 1 is 1.05 bits per heavy atom. The lowest BCUT2D eigenvalue weighted by Crippen LogP contribution is -2.13. The molecule has 0 bridgehead atoms. The van der Waals surface area contributed by atoms with E-state index in [2.05, 4.69) is 9.71 Å². The highest BCUT2D eigenvalue weighted by Crippen LogP contribution is 2.23. The number of sulfonamides is 1. The predicted molar refractivity (Wildman–Crippen MR) is 80.7 cm³/mol. The second-order valence-corrected chi connectivity index (χ2v) is 6.54. The van der Waals surface area contributed by atoms with Crippen molar-refractivity contribution in [1.82, 2.24) is 4.98 Å². The molecule has 0 aliphatic carbocycles. The third kappa shape index (κ3) is 2.62. The summed E-state index contributed by atoms with van der Waals surface area (Å²) < 4.78 is 32.4. The highest BCUT2D eigenvalue weighted by molar-refractivity contribution is 7.92. The topological polar surface area (TPSA) is 72.2 Å². The molecule has 3 aromatic rings. The fourth-order valence-electron chi connectivity index (χ4n) is 2.02. The van der Waals surface area contributed by atoms with Gasteiger partial charge in [-0.3, -0.25) is 0 Å². The molecule has 1 heterocycles. The molecule has 5 nitrogen and oxygen atoms in total. The number of oxazole rings is 1. The summed E-state index contributed by atoms with van der Waals surface area (Å²) in [6.07, 6.45) is 0. The van der Waals surface area contributed by atoms with Crippen LogP contribution in [0.5, 0.6) is 0 Å². The van der Waals surface area contributed by atoms with Gasteiger partial charge in [-0.15, -0.1) is 0 Å². The number of anilines is 1. The summed E-state index contributed by atoms with van der Waals surface area (Å²) in [5, 5.41) is 0. The number of nitrogens with one attached hydrogen (secondary N) is 1. The Kier molecular flexibility index (Phi) is 3.17. The van der Waals surface area contributed by atoms with E-state index in [0.717, 1.165) is 11.1 Å². The maximum atomic E-state index is 12.3. The Bertz CT molecular complexity index is 896. The van der Waals surface area contributed by atoms with Crippen LogP contribution in [0.15, 0.2) is 51.8 Å². The first-order chi connectivity index (χ1) is 9.95. The Labute approximate surface area is 122 Å². The number of aryl methyl sites for hydroxylation is 2. The van der Waals surface area contributed by atoms with Crippen molar-refractivity contribution in [3.8, 4) is 0 Å². The first-order valence-corrected chi connectivity index (χ1v) is 7.90. The van der Waals surface area contributed by atoms with E-state index < -0.39 is 10.0 Å². The second kappa shape index (κ2) is 4.89. The van der Waals surface area contributed by atoms with Gasteiger partial charge in [-0.1, -0.05) is 29.8 Å². The molecule has 0 radical (unpaired) electrons. The van der Waals surface area contributed by atoms with Gasteiger partial charge in [-0.25, -0.2) is 13.1 Å². The average molecular weight is 302 g/mol. The molecule has 6 heteroatoms. The van der Waals surface area contributed by atoms with Crippen molar-refractivity contribution < 1.29 is 12.8 Å². The van der Waals surface area contributed by atoms with E-state index in [-0.39, 0.29) is 10.9 Å². The van der Waals surface area contributed by atoms with Gasteiger partial charge >= 0.3 is 6.01 Å². The van der Waals surface area contributed by atoms with Crippen LogP contribution >= 0.6 is 0 Å². The predicted octanol–water partition coefficient (Wildman–Crippen LogP) is 3.25. The van der Waals surface area contributed by atoms with Gasteiger partial charge in [-0.2, -0.15) is 4.98 Å². The van der Waals surface area contributed by atoms with E-state index in [4.69, 9.17) is 4.42 Å². The molecule has 3 rings (SSSR count). The number of nitrogens with zero attached hydrogens (tertiary/aromatic N) is 1. The van der Waals surface area contributed by atoms with Gasteiger partial charge in [-0.05, 0) is 37.6 Å². The highest BCUT2D eigenvalue weighted by atomic mass is 32.2. The summed E-state index contributed by atoms with van der Waals surface area (Å²) in [5.41, 5.74) is 3.10. The van der Waals surface area contributed by atoms with Gasteiger partial charge < -0.3 is 4.42 Å². The number of fused-ring (bicyclic) bond motifs is 1. The third-order valence-corrected chi connectivity index (χ3v) is 4.50. The maximum Gasteiger partial charge on any atom is 0.309 e. The van der Waals surface area contributed by atoms with Crippen LogP contribution in [0.3, 0.4) is 0 Å². The van der Waals surface area contributed by atoms with E-state index in [0.29, 0.717) is 11.1 Å². The molecule has 0 fully saturated rings. The molecule has 1 N–H and O–H groups in total. The number of benzene rings is 2. The fourth-order valence-corrected chi connectivity index (χ4v) is 2.95. The van der Waals surface area contributed by atoms with Crippen LogP contribution in [-0.4, -0.2) is 13.4 Å². The molecular formula is C15H14N2O3S. The van der Waals surface area contributed by atoms with Gasteiger partial charge in [0.25, 0.3) is 10.0 Å². The maximum absolute atomic E-state index is 12.3. The molecule has 0 saturated heterocycles. The molecule has 2 aromatic carbocycles. The average Bonchev–Trinajstić information content (AvgIpc) is 2.82. The van der Waals surface area contributed by atoms with Crippen LogP contribution in [-0.2, 0) is 10.0 Å². The lowest BCUT2D eigenvalue weighted by molar-refractivity contribution is 0.590. The smallest absolute Gasteiger partial charge is 0.309 e. The van der Waals surface area contributed by atoms with Crippen LogP contribution in [0.25, 0.3) is 11.1 Å². The normalized spacial score (nSPS) is 11.7. The number of hydrogen-bond acceptors (Lipinski definition) is 4. The summed E-state index contributed by atoms with van der Waals surface area (Å²) >= 11 is 0. The van der Waals surface area contributed by atoms with Crippen molar-refractivity contribution in [2.75, 3.05) is 4.72 Å². The monoisotopic (exact) mass is 302 g/mol.